The zero-order chi connectivity index (χ0) is 17.6. The van der Waals surface area contributed by atoms with Crippen molar-refractivity contribution in [3.8, 4) is 0 Å². The summed E-state index contributed by atoms with van der Waals surface area (Å²) in [5.74, 6) is -0.00279. The third-order valence-electron chi connectivity index (χ3n) is 5.02. The number of nitrogens with zero attached hydrogens (tertiary/aromatic N) is 1. The van der Waals surface area contributed by atoms with Crippen LogP contribution in [0, 0.1) is 11.7 Å². The van der Waals surface area contributed by atoms with Crippen molar-refractivity contribution >= 4 is 5.91 Å². The lowest BCUT2D eigenvalue weighted by molar-refractivity contribution is -0.133. The quantitative estimate of drug-likeness (QED) is 0.900. The van der Waals surface area contributed by atoms with Crippen LogP contribution in [0.1, 0.15) is 36.5 Å². The zero-order valence-electron chi connectivity index (χ0n) is 14.3. The molecule has 2 aromatic carbocycles. The van der Waals surface area contributed by atoms with Crippen LogP contribution in [0.3, 0.4) is 0 Å². The Morgan fingerprint density at radius 3 is 2.36 bits per heavy atom. The maximum absolute atomic E-state index is 13.0. The lowest BCUT2D eigenvalue weighted by atomic mass is 9.87. The lowest BCUT2D eigenvalue weighted by Crippen LogP contribution is -2.39. The molecule has 3 nitrogen and oxygen atoms in total. The van der Waals surface area contributed by atoms with Crippen LogP contribution in [0.15, 0.2) is 54.6 Å². The molecule has 1 heterocycles. The Bertz CT molecular complexity index is 679. The fourth-order valence-electron chi connectivity index (χ4n) is 3.45. The number of benzene rings is 2. The minimum absolute atomic E-state index is 0.114. The van der Waals surface area contributed by atoms with E-state index in [1.165, 1.54) is 17.7 Å². The number of aliphatic hydroxyl groups excluding tert-OH is 1. The van der Waals surface area contributed by atoms with Crippen LogP contribution in [0.4, 0.5) is 4.39 Å². The molecule has 1 atom stereocenters. The van der Waals surface area contributed by atoms with Gasteiger partial charge in [0.05, 0.1) is 6.10 Å². The average Bonchev–Trinajstić information content (AvgIpc) is 2.67. The monoisotopic (exact) mass is 341 g/mol. The Hall–Kier alpha value is -2.20. The number of halogens is 1. The van der Waals surface area contributed by atoms with Crippen molar-refractivity contribution < 1.29 is 14.3 Å². The minimum atomic E-state index is -0.595. The molecule has 1 aliphatic heterocycles. The van der Waals surface area contributed by atoms with Crippen LogP contribution in [0.2, 0.25) is 0 Å². The zero-order valence-corrected chi connectivity index (χ0v) is 14.3. The van der Waals surface area contributed by atoms with E-state index in [4.69, 9.17) is 0 Å². The second-order valence-electron chi connectivity index (χ2n) is 6.70. The molecule has 0 aliphatic carbocycles. The maximum Gasteiger partial charge on any atom is 0.222 e. The molecular weight excluding hydrogens is 317 g/mol. The summed E-state index contributed by atoms with van der Waals surface area (Å²) < 4.78 is 13.0. The van der Waals surface area contributed by atoms with E-state index in [2.05, 4.69) is 0 Å². The Balaban J connectivity index is 1.47. The van der Waals surface area contributed by atoms with Crippen molar-refractivity contribution in [1.82, 2.24) is 4.90 Å². The predicted molar refractivity (Wildman–Crippen MR) is 95.4 cm³/mol. The van der Waals surface area contributed by atoms with Crippen LogP contribution in [0.25, 0.3) is 0 Å². The van der Waals surface area contributed by atoms with Crippen molar-refractivity contribution in [3.63, 3.8) is 0 Å². The van der Waals surface area contributed by atoms with Crippen molar-refractivity contribution in [3.05, 3.63) is 71.5 Å². The van der Waals surface area contributed by atoms with E-state index in [0.717, 1.165) is 24.8 Å². The van der Waals surface area contributed by atoms with Crippen LogP contribution >= 0.6 is 0 Å². The molecule has 1 aliphatic rings. The van der Waals surface area contributed by atoms with E-state index < -0.39 is 6.10 Å². The molecule has 2 aromatic rings. The molecule has 3 rings (SSSR count). The fourth-order valence-corrected chi connectivity index (χ4v) is 3.45. The van der Waals surface area contributed by atoms with E-state index in [-0.39, 0.29) is 17.6 Å². The van der Waals surface area contributed by atoms with Crippen molar-refractivity contribution in [2.45, 2.75) is 31.8 Å². The molecule has 1 amide bonds. The summed E-state index contributed by atoms with van der Waals surface area (Å²) in [6, 6.07) is 16.1. The molecule has 0 spiro atoms. The van der Waals surface area contributed by atoms with Crippen molar-refractivity contribution in [2.24, 2.45) is 5.92 Å². The third-order valence-corrected chi connectivity index (χ3v) is 5.02. The highest BCUT2D eigenvalue weighted by Crippen LogP contribution is 2.31. The lowest BCUT2D eigenvalue weighted by Gasteiger charge is -2.34. The van der Waals surface area contributed by atoms with Crippen molar-refractivity contribution in [1.29, 1.82) is 0 Å². The van der Waals surface area contributed by atoms with Crippen LogP contribution in [0.5, 0.6) is 0 Å². The Labute approximate surface area is 148 Å². The van der Waals surface area contributed by atoms with Gasteiger partial charge in [-0.05, 0) is 48.4 Å². The van der Waals surface area contributed by atoms with Gasteiger partial charge in [-0.3, -0.25) is 4.79 Å². The van der Waals surface area contributed by atoms with Gasteiger partial charge in [0.1, 0.15) is 5.82 Å². The van der Waals surface area contributed by atoms with Gasteiger partial charge in [-0.1, -0.05) is 42.5 Å². The van der Waals surface area contributed by atoms with Gasteiger partial charge >= 0.3 is 0 Å². The number of carbonyl (C=O) groups excluding carboxylic acids is 1. The van der Waals surface area contributed by atoms with Gasteiger partial charge < -0.3 is 10.0 Å². The van der Waals surface area contributed by atoms with Gasteiger partial charge in [-0.15, -0.1) is 0 Å². The van der Waals surface area contributed by atoms with E-state index >= 15 is 0 Å². The number of likely N-dealkylation sites (tertiary alicyclic amines) is 1. The molecule has 1 fully saturated rings. The molecule has 1 N–H and O–H groups in total. The molecule has 132 valence electrons. The molecular formula is C21H24FNO2. The molecule has 0 aromatic heterocycles. The Morgan fingerprint density at radius 1 is 1.08 bits per heavy atom. The molecule has 25 heavy (non-hydrogen) atoms. The normalized spacial score (nSPS) is 16.6. The molecule has 1 saturated heterocycles. The largest absolute Gasteiger partial charge is 0.388 e. The van der Waals surface area contributed by atoms with E-state index in [1.807, 2.05) is 35.2 Å². The van der Waals surface area contributed by atoms with Gasteiger partial charge in [0.25, 0.3) is 0 Å². The summed E-state index contributed by atoms with van der Waals surface area (Å²) in [5.41, 5.74) is 1.92. The first kappa shape index (κ1) is 17.6. The van der Waals surface area contributed by atoms with E-state index in [1.54, 1.807) is 12.1 Å². The number of aliphatic hydroxyl groups is 1. The Kier molecular flexibility index (Phi) is 5.82. The number of aryl methyl sites for hydroxylation is 1. The average molecular weight is 341 g/mol. The summed E-state index contributed by atoms with van der Waals surface area (Å²) in [4.78, 5) is 14.3. The van der Waals surface area contributed by atoms with Gasteiger partial charge in [-0.2, -0.15) is 0 Å². The summed E-state index contributed by atoms with van der Waals surface area (Å²) in [5, 5.41) is 10.5. The van der Waals surface area contributed by atoms with Gasteiger partial charge in [-0.25, -0.2) is 4.39 Å². The topological polar surface area (TPSA) is 40.5 Å². The van der Waals surface area contributed by atoms with Crippen LogP contribution in [-0.4, -0.2) is 29.0 Å². The maximum atomic E-state index is 13.0. The molecule has 0 saturated carbocycles. The first-order valence-corrected chi connectivity index (χ1v) is 8.89. The SMILES string of the molecule is O=C(CCc1ccccc1)N1CCC(C(O)c2ccc(F)cc2)CC1. The number of carbonyl (C=O) groups is 1. The molecule has 0 bridgehead atoms. The van der Waals surface area contributed by atoms with Crippen LogP contribution < -0.4 is 0 Å². The Morgan fingerprint density at radius 2 is 1.72 bits per heavy atom. The smallest absolute Gasteiger partial charge is 0.222 e. The number of amides is 1. The molecule has 0 radical (unpaired) electrons. The van der Waals surface area contributed by atoms with Gasteiger partial charge in [0, 0.05) is 19.5 Å². The van der Waals surface area contributed by atoms with Crippen molar-refractivity contribution in [2.75, 3.05) is 13.1 Å². The highest BCUT2D eigenvalue weighted by atomic mass is 19.1. The first-order chi connectivity index (χ1) is 12.1. The number of hydrogen-bond donors (Lipinski definition) is 1. The highest BCUT2D eigenvalue weighted by Gasteiger charge is 2.28. The minimum Gasteiger partial charge on any atom is -0.388 e. The number of rotatable bonds is 5. The number of piperidine rings is 1. The first-order valence-electron chi connectivity index (χ1n) is 8.89. The van der Waals surface area contributed by atoms with Gasteiger partial charge in [0.2, 0.25) is 5.91 Å². The predicted octanol–water partition coefficient (Wildman–Crippen LogP) is 3.73. The second-order valence-corrected chi connectivity index (χ2v) is 6.70. The highest BCUT2D eigenvalue weighted by molar-refractivity contribution is 5.76. The summed E-state index contributed by atoms with van der Waals surface area (Å²) >= 11 is 0. The summed E-state index contributed by atoms with van der Waals surface area (Å²) in [7, 11) is 0. The summed E-state index contributed by atoms with van der Waals surface area (Å²) in [6.07, 6.45) is 2.24. The molecule has 1 unspecified atom stereocenters. The standard InChI is InChI=1S/C21H24FNO2/c22-19-9-7-17(8-10-19)21(25)18-12-14-23(15-13-18)20(24)11-6-16-4-2-1-3-5-16/h1-5,7-10,18,21,25H,6,11-15H2. The second kappa shape index (κ2) is 8.26. The number of hydrogen-bond acceptors (Lipinski definition) is 2. The van der Waals surface area contributed by atoms with Gasteiger partial charge in [0.15, 0.2) is 0 Å². The third kappa shape index (κ3) is 4.67. The van der Waals surface area contributed by atoms with E-state index in [9.17, 15) is 14.3 Å². The van der Waals surface area contributed by atoms with E-state index in [0.29, 0.717) is 19.5 Å². The van der Waals surface area contributed by atoms with Crippen LogP contribution in [-0.2, 0) is 11.2 Å². The fraction of sp³-hybridized carbons (Fsp3) is 0.381. The summed E-state index contributed by atoms with van der Waals surface area (Å²) in [6.45, 7) is 1.35. The molecule has 4 heteroatoms.